The predicted octanol–water partition coefficient (Wildman–Crippen LogP) is 1.67. The van der Waals surface area contributed by atoms with Crippen LogP contribution in [-0.4, -0.2) is 61.0 Å². The minimum absolute atomic E-state index is 0.261. The average Bonchev–Trinajstić information content (AvgIpc) is 3.05. The first-order valence-corrected chi connectivity index (χ1v) is 10.3. The Morgan fingerprint density at radius 1 is 1.31 bits per heavy atom. The van der Waals surface area contributed by atoms with Crippen molar-refractivity contribution in [3.63, 3.8) is 0 Å². The van der Waals surface area contributed by atoms with Crippen LogP contribution in [0.25, 0.3) is 11.4 Å². The summed E-state index contributed by atoms with van der Waals surface area (Å²) in [5, 5.41) is 3.42. The molecular weight excluding hydrogens is 364 g/mol. The van der Waals surface area contributed by atoms with Gasteiger partial charge in [-0.1, -0.05) is 19.1 Å². The molecule has 1 fully saturated rings. The minimum Gasteiger partial charge on any atom is -0.366 e. The van der Waals surface area contributed by atoms with E-state index in [-0.39, 0.29) is 5.41 Å². The van der Waals surface area contributed by atoms with E-state index in [9.17, 15) is 4.79 Å². The highest BCUT2D eigenvalue weighted by atomic mass is 16.1. The van der Waals surface area contributed by atoms with Crippen molar-refractivity contribution in [1.29, 1.82) is 0 Å². The molecule has 0 bridgehead atoms. The molecule has 4 rings (SSSR count). The quantitative estimate of drug-likeness (QED) is 0.802. The van der Waals surface area contributed by atoms with Crippen molar-refractivity contribution in [2.24, 2.45) is 11.1 Å². The second-order valence-corrected chi connectivity index (χ2v) is 8.82. The number of nitrogens with one attached hydrogen (secondary N) is 1. The number of hydrogen-bond acceptors (Lipinski definition) is 6. The maximum atomic E-state index is 11.4. The van der Waals surface area contributed by atoms with Crippen LogP contribution in [0.4, 0.5) is 5.82 Å². The van der Waals surface area contributed by atoms with E-state index in [4.69, 9.17) is 15.7 Å². The molecule has 7 nitrogen and oxygen atoms in total. The first-order valence-electron chi connectivity index (χ1n) is 10.3. The van der Waals surface area contributed by atoms with Gasteiger partial charge in [0.25, 0.3) is 0 Å². The van der Waals surface area contributed by atoms with E-state index >= 15 is 0 Å². The molecule has 0 spiro atoms. The zero-order chi connectivity index (χ0) is 20.6. The summed E-state index contributed by atoms with van der Waals surface area (Å²) in [6.45, 7) is 7.29. The number of hydrogen-bond donors (Lipinski definition) is 2. The Bertz CT molecular complexity index is 912. The highest BCUT2D eigenvalue weighted by Gasteiger charge is 2.34. The Morgan fingerprint density at radius 3 is 2.72 bits per heavy atom. The van der Waals surface area contributed by atoms with E-state index < -0.39 is 5.91 Å². The molecule has 0 saturated carbocycles. The monoisotopic (exact) mass is 394 g/mol. The Kier molecular flexibility index (Phi) is 5.27. The largest absolute Gasteiger partial charge is 0.366 e. The van der Waals surface area contributed by atoms with Crippen molar-refractivity contribution in [2.45, 2.75) is 26.3 Å². The second-order valence-electron chi connectivity index (χ2n) is 8.82. The number of aromatic nitrogens is 2. The van der Waals surface area contributed by atoms with E-state index in [0.29, 0.717) is 11.4 Å². The molecule has 1 amide bonds. The van der Waals surface area contributed by atoms with E-state index in [2.05, 4.69) is 36.1 Å². The molecule has 7 heteroatoms. The van der Waals surface area contributed by atoms with Crippen LogP contribution < -0.4 is 16.0 Å². The van der Waals surface area contributed by atoms with Crippen molar-refractivity contribution in [3.05, 3.63) is 41.1 Å². The first kappa shape index (κ1) is 19.8. The Hall–Kier alpha value is -2.51. The van der Waals surface area contributed by atoms with Crippen LogP contribution in [0.1, 0.15) is 35.0 Å². The Balaban J connectivity index is 1.69. The third-order valence-electron chi connectivity index (χ3n) is 6.07. The molecule has 1 unspecified atom stereocenters. The number of nitrogens with two attached hydrogens (primary N) is 1. The fourth-order valence-corrected chi connectivity index (χ4v) is 4.62. The van der Waals surface area contributed by atoms with Crippen LogP contribution in [-0.2, 0) is 13.0 Å². The highest BCUT2D eigenvalue weighted by Crippen LogP contribution is 2.33. The van der Waals surface area contributed by atoms with Gasteiger partial charge in [-0.15, -0.1) is 0 Å². The minimum atomic E-state index is -0.428. The summed E-state index contributed by atoms with van der Waals surface area (Å²) in [4.78, 5) is 25.9. The van der Waals surface area contributed by atoms with Crippen molar-refractivity contribution < 1.29 is 4.79 Å². The smallest absolute Gasteiger partial charge is 0.248 e. The summed E-state index contributed by atoms with van der Waals surface area (Å²) >= 11 is 0. The summed E-state index contributed by atoms with van der Waals surface area (Å²) in [7, 11) is 4.34. The Labute approximate surface area is 172 Å². The molecule has 29 heavy (non-hydrogen) atoms. The van der Waals surface area contributed by atoms with Crippen LogP contribution in [0, 0.1) is 5.41 Å². The van der Waals surface area contributed by atoms with Gasteiger partial charge >= 0.3 is 0 Å². The van der Waals surface area contributed by atoms with Crippen LogP contribution in [0.3, 0.4) is 0 Å². The van der Waals surface area contributed by atoms with Crippen molar-refractivity contribution in [1.82, 2.24) is 20.2 Å². The van der Waals surface area contributed by atoms with E-state index in [0.717, 1.165) is 56.2 Å². The van der Waals surface area contributed by atoms with Gasteiger partial charge in [0.15, 0.2) is 5.82 Å². The standard InChI is InChI=1S/C22H30N6O/c1-22(9-11-27(2)13-22)14-28(3)21-17-8-10-24-12-18(17)25-20(26-21)16-6-4-15(5-7-16)19(23)29/h4-7,24H,8-14H2,1-3H3,(H2,23,29). The third kappa shape index (κ3) is 4.11. The van der Waals surface area contributed by atoms with E-state index in [1.165, 1.54) is 12.0 Å². The molecule has 1 aromatic heterocycles. The number of primary amides is 1. The van der Waals surface area contributed by atoms with Gasteiger partial charge < -0.3 is 20.9 Å². The van der Waals surface area contributed by atoms with Crippen LogP contribution in [0.15, 0.2) is 24.3 Å². The lowest BCUT2D eigenvalue weighted by molar-refractivity contribution is 0.100. The lowest BCUT2D eigenvalue weighted by atomic mass is 9.89. The summed E-state index contributed by atoms with van der Waals surface area (Å²) < 4.78 is 0. The molecule has 2 aromatic rings. The SMILES string of the molecule is CN1CCC(C)(CN(C)c2nc(-c3ccc(C(N)=O)cc3)nc3c2CCNC3)C1. The van der Waals surface area contributed by atoms with Gasteiger partial charge in [-0.25, -0.2) is 9.97 Å². The molecular formula is C22H30N6O. The van der Waals surface area contributed by atoms with E-state index in [1.807, 2.05) is 12.1 Å². The van der Waals surface area contributed by atoms with E-state index in [1.54, 1.807) is 12.1 Å². The number of fused-ring (bicyclic) bond motifs is 1. The molecule has 2 aliphatic rings. The normalized spacial score (nSPS) is 21.8. The average molecular weight is 395 g/mol. The number of amides is 1. The van der Waals surface area contributed by atoms with Crippen molar-refractivity contribution in [3.8, 4) is 11.4 Å². The summed E-state index contributed by atoms with van der Waals surface area (Å²) in [5.41, 5.74) is 9.33. The maximum Gasteiger partial charge on any atom is 0.248 e. The molecule has 3 heterocycles. The third-order valence-corrected chi connectivity index (χ3v) is 6.07. The fraction of sp³-hybridized carbons (Fsp3) is 0.500. The maximum absolute atomic E-state index is 11.4. The number of nitrogens with zero attached hydrogens (tertiary/aromatic N) is 4. The molecule has 3 N–H and O–H groups in total. The number of carbonyl (C=O) groups excluding carboxylic acids is 1. The first-order chi connectivity index (χ1) is 13.8. The number of likely N-dealkylation sites (tertiary alicyclic amines) is 1. The zero-order valence-corrected chi connectivity index (χ0v) is 17.5. The zero-order valence-electron chi connectivity index (χ0n) is 17.5. The van der Waals surface area contributed by atoms with Gasteiger partial charge in [-0.3, -0.25) is 4.79 Å². The second kappa shape index (κ2) is 7.72. The molecule has 1 saturated heterocycles. The summed E-state index contributed by atoms with van der Waals surface area (Å²) in [6, 6.07) is 7.21. The number of carbonyl (C=O) groups is 1. The number of benzene rings is 1. The molecule has 2 aliphatic heterocycles. The van der Waals surface area contributed by atoms with Gasteiger partial charge in [0.1, 0.15) is 5.82 Å². The number of anilines is 1. The van der Waals surface area contributed by atoms with Gasteiger partial charge in [-0.05, 0) is 50.5 Å². The summed E-state index contributed by atoms with van der Waals surface area (Å²) in [6.07, 6.45) is 2.14. The topological polar surface area (TPSA) is 87.4 Å². The van der Waals surface area contributed by atoms with Gasteiger partial charge in [0.2, 0.25) is 5.91 Å². The van der Waals surface area contributed by atoms with Gasteiger partial charge in [0, 0.05) is 43.4 Å². The lowest BCUT2D eigenvalue weighted by Crippen LogP contribution is -2.37. The van der Waals surface area contributed by atoms with Crippen molar-refractivity contribution >= 4 is 11.7 Å². The molecule has 0 aliphatic carbocycles. The molecule has 154 valence electrons. The predicted molar refractivity (Wildman–Crippen MR) is 115 cm³/mol. The Morgan fingerprint density at radius 2 is 2.07 bits per heavy atom. The summed E-state index contributed by atoms with van der Waals surface area (Å²) in [5.74, 6) is 1.29. The van der Waals surface area contributed by atoms with Crippen LogP contribution in [0.2, 0.25) is 0 Å². The van der Waals surface area contributed by atoms with Crippen LogP contribution in [0.5, 0.6) is 0 Å². The van der Waals surface area contributed by atoms with Gasteiger partial charge in [0.05, 0.1) is 5.69 Å². The number of rotatable bonds is 5. The highest BCUT2D eigenvalue weighted by molar-refractivity contribution is 5.93. The molecule has 1 atom stereocenters. The lowest BCUT2D eigenvalue weighted by Gasteiger charge is -2.33. The molecule has 1 aromatic carbocycles. The van der Waals surface area contributed by atoms with Gasteiger partial charge in [-0.2, -0.15) is 0 Å². The fourth-order valence-electron chi connectivity index (χ4n) is 4.62. The molecule has 0 radical (unpaired) electrons. The van der Waals surface area contributed by atoms with Crippen molar-refractivity contribution in [2.75, 3.05) is 45.2 Å². The van der Waals surface area contributed by atoms with Crippen LogP contribution >= 0.6 is 0 Å².